The number of hydrogen-bond acceptors (Lipinski definition) is 3. The largest absolute Gasteiger partial charge is 0.381 e. The highest BCUT2D eigenvalue weighted by atomic mass is 16.5. The molecule has 3 N–H and O–H groups in total. The van der Waals surface area contributed by atoms with Crippen LogP contribution in [0.5, 0.6) is 0 Å². The molecule has 4 heteroatoms. The number of benzene rings is 1. The van der Waals surface area contributed by atoms with Gasteiger partial charge in [-0.2, -0.15) is 0 Å². The number of ether oxygens (including phenoxy) is 1. The molecule has 1 saturated heterocycles. The quantitative estimate of drug-likeness (QED) is 0.867. The van der Waals surface area contributed by atoms with Gasteiger partial charge in [0.05, 0.1) is 5.41 Å². The molecule has 1 aliphatic heterocycles. The van der Waals surface area contributed by atoms with Gasteiger partial charge < -0.3 is 15.8 Å². The predicted molar refractivity (Wildman–Crippen MR) is 80.6 cm³/mol. The molecule has 0 saturated carbocycles. The molecule has 4 nitrogen and oxygen atoms in total. The molecule has 0 unspecified atom stereocenters. The smallest absolute Gasteiger partial charge is 0.232 e. The van der Waals surface area contributed by atoms with Gasteiger partial charge in [-0.15, -0.1) is 0 Å². The third-order valence-electron chi connectivity index (χ3n) is 4.07. The monoisotopic (exact) mass is 276 g/mol. The molecule has 2 rings (SSSR count). The third kappa shape index (κ3) is 3.38. The molecular weight excluding hydrogens is 252 g/mol. The highest BCUT2D eigenvalue weighted by molar-refractivity contribution is 5.95. The van der Waals surface area contributed by atoms with Crippen molar-refractivity contribution in [3.05, 3.63) is 29.8 Å². The summed E-state index contributed by atoms with van der Waals surface area (Å²) in [5.74, 6) is 0.0199. The zero-order valence-electron chi connectivity index (χ0n) is 12.2. The van der Waals surface area contributed by atoms with Crippen LogP contribution in [0, 0.1) is 5.41 Å². The van der Waals surface area contributed by atoms with Crippen LogP contribution in [0.1, 0.15) is 31.7 Å². The molecular formula is C16H24N2O2. The van der Waals surface area contributed by atoms with Crippen LogP contribution in [-0.4, -0.2) is 25.7 Å². The van der Waals surface area contributed by atoms with Crippen molar-refractivity contribution in [2.24, 2.45) is 11.1 Å². The number of carbonyl (C=O) groups is 1. The maximum Gasteiger partial charge on any atom is 0.232 e. The standard InChI is InChI=1S/C16H24N2O2/c1-2-3-13-4-6-14(7-5-13)18-15(19)16(12-17)8-10-20-11-9-16/h4-7H,2-3,8-12,17H2,1H3,(H,18,19). The maximum atomic E-state index is 12.5. The molecule has 0 atom stereocenters. The second-order valence-corrected chi connectivity index (χ2v) is 5.50. The molecule has 110 valence electrons. The molecule has 0 spiro atoms. The first kappa shape index (κ1) is 15.0. The first-order chi connectivity index (χ1) is 9.70. The Morgan fingerprint density at radius 3 is 2.50 bits per heavy atom. The van der Waals surface area contributed by atoms with Crippen molar-refractivity contribution in [2.75, 3.05) is 25.1 Å². The third-order valence-corrected chi connectivity index (χ3v) is 4.07. The summed E-state index contributed by atoms with van der Waals surface area (Å²) in [4.78, 5) is 12.5. The van der Waals surface area contributed by atoms with Crippen LogP contribution in [0.2, 0.25) is 0 Å². The van der Waals surface area contributed by atoms with E-state index in [1.54, 1.807) is 0 Å². The molecule has 20 heavy (non-hydrogen) atoms. The average molecular weight is 276 g/mol. The summed E-state index contributed by atoms with van der Waals surface area (Å²) >= 11 is 0. The fourth-order valence-corrected chi connectivity index (χ4v) is 2.59. The Morgan fingerprint density at radius 1 is 1.30 bits per heavy atom. The van der Waals surface area contributed by atoms with Crippen LogP contribution < -0.4 is 11.1 Å². The molecule has 0 bridgehead atoms. The van der Waals surface area contributed by atoms with Gasteiger partial charge in [-0.05, 0) is 37.0 Å². The van der Waals surface area contributed by atoms with Gasteiger partial charge in [0.2, 0.25) is 5.91 Å². The minimum Gasteiger partial charge on any atom is -0.381 e. The zero-order valence-corrected chi connectivity index (χ0v) is 12.2. The van der Waals surface area contributed by atoms with E-state index >= 15 is 0 Å². The number of rotatable bonds is 5. The summed E-state index contributed by atoms with van der Waals surface area (Å²) in [7, 11) is 0. The second-order valence-electron chi connectivity index (χ2n) is 5.50. The minimum atomic E-state index is -0.472. The number of aryl methyl sites for hydroxylation is 1. The highest BCUT2D eigenvalue weighted by Gasteiger charge is 2.38. The van der Waals surface area contributed by atoms with E-state index in [1.165, 1.54) is 5.56 Å². The number of nitrogens with one attached hydrogen (secondary N) is 1. The Hall–Kier alpha value is -1.39. The van der Waals surface area contributed by atoms with Gasteiger partial charge >= 0.3 is 0 Å². The highest BCUT2D eigenvalue weighted by Crippen LogP contribution is 2.30. The van der Waals surface area contributed by atoms with Crippen LogP contribution in [0.4, 0.5) is 5.69 Å². The number of amides is 1. The first-order valence-corrected chi connectivity index (χ1v) is 7.38. The summed E-state index contributed by atoms with van der Waals surface area (Å²) in [5, 5.41) is 3.00. The fraction of sp³-hybridized carbons (Fsp3) is 0.562. The van der Waals surface area contributed by atoms with Gasteiger partial charge in [0.25, 0.3) is 0 Å². The van der Waals surface area contributed by atoms with E-state index in [0.29, 0.717) is 32.6 Å². The molecule has 0 aliphatic carbocycles. The van der Waals surface area contributed by atoms with Crippen molar-refractivity contribution >= 4 is 11.6 Å². The summed E-state index contributed by atoms with van der Waals surface area (Å²) in [6, 6.07) is 8.06. The van der Waals surface area contributed by atoms with Crippen molar-refractivity contribution in [1.82, 2.24) is 0 Å². The maximum absolute atomic E-state index is 12.5. The topological polar surface area (TPSA) is 64.4 Å². The van der Waals surface area contributed by atoms with Crippen LogP contribution in [-0.2, 0) is 16.0 Å². The van der Waals surface area contributed by atoms with E-state index in [2.05, 4.69) is 24.4 Å². The number of nitrogens with two attached hydrogens (primary N) is 1. The van der Waals surface area contributed by atoms with E-state index in [-0.39, 0.29) is 5.91 Å². The van der Waals surface area contributed by atoms with Gasteiger partial charge in [0.15, 0.2) is 0 Å². The fourth-order valence-electron chi connectivity index (χ4n) is 2.59. The van der Waals surface area contributed by atoms with E-state index < -0.39 is 5.41 Å². The van der Waals surface area contributed by atoms with Crippen molar-refractivity contribution in [3.63, 3.8) is 0 Å². The van der Waals surface area contributed by atoms with Crippen molar-refractivity contribution < 1.29 is 9.53 Å². The Balaban J connectivity index is 2.02. The molecule has 1 amide bonds. The minimum absolute atomic E-state index is 0.0199. The SMILES string of the molecule is CCCc1ccc(NC(=O)C2(CN)CCOCC2)cc1. The van der Waals surface area contributed by atoms with E-state index in [1.807, 2.05) is 12.1 Å². The average Bonchev–Trinajstić information content (AvgIpc) is 2.50. The van der Waals surface area contributed by atoms with E-state index in [9.17, 15) is 4.79 Å². The van der Waals surface area contributed by atoms with Crippen LogP contribution in [0.25, 0.3) is 0 Å². The zero-order chi connectivity index (χ0) is 14.4. The van der Waals surface area contributed by atoms with E-state index in [0.717, 1.165) is 18.5 Å². The van der Waals surface area contributed by atoms with Crippen molar-refractivity contribution in [2.45, 2.75) is 32.6 Å². The summed E-state index contributed by atoms with van der Waals surface area (Å²) in [6.45, 7) is 3.75. The summed E-state index contributed by atoms with van der Waals surface area (Å²) < 4.78 is 5.33. The van der Waals surface area contributed by atoms with E-state index in [4.69, 9.17) is 10.5 Å². The lowest BCUT2D eigenvalue weighted by Gasteiger charge is -2.34. The van der Waals surface area contributed by atoms with Gasteiger partial charge in [0.1, 0.15) is 0 Å². The molecule has 0 radical (unpaired) electrons. The van der Waals surface area contributed by atoms with Crippen LogP contribution in [0.3, 0.4) is 0 Å². The summed E-state index contributed by atoms with van der Waals surface area (Å²) in [5.41, 5.74) is 7.51. The number of hydrogen-bond donors (Lipinski definition) is 2. The molecule has 1 fully saturated rings. The Bertz CT molecular complexity index is 436. The predicted octanol–water partition coefficient (Wildman–Crippen LogP) is 2.33. The molecule has 0 aromatic heterocycles. The Morgan fingerprint density at radius 2 is 1.95 bits per heavy atom. The van der Waals surface area contributed by atoms with Crippen molar-refractivity contribution in [1.29, 1.82) is 0 Å². The second kappa shape index (κ2) is 6.86. The van der Waals surface area contributed by atoms with Gasteiger partial charge in [0, 0.05) is 25.4 Å². The molecule has 1 aromatic carbocycles. The van der Waals surface area contributed by atoms with Crippen LogP contribution >= 0.6 is 0 Å². The lowest BCUT2D eigenvalue weighted by Crippen LogP contribution is -2.46. The Kier molecular flexibility index (Phi) is 5.15. The molecule has 1 aromatic rings. The molecule has 1 heterocycles. The summed E-state index contributed by atoms with van der Waals surface area (Å²) in [6.07, 6.45) is 3.59. The first-order valence-electron chi connectivity index (χ1n) is 7.38. The number of anilines is 1. The normalized spacial score (nSPS) is 17.7. The molecule has 1 aliphatic rings. The van der Waals surface area contributed by atoms with Crippen LogP contribution in [0.15, 0.2) is 24.3 Å². The van der Waals surface area contributed by atoms with Crippen molar-refractivity contribution in [3.8, 4) is 0 Å². The Labute approximate surface area is 120 Å². The van der Waals surface area contributed by atoms with Gasteiger partial charge in [-0.1, -0.05) is 25.5 Å². The lowest BCUT2D eigenvalue weighted by molar-refractivity contribution is -0.130. The van der Waals surface area contributed by atoms with Gasteiger partial charge in [-0.25, -0.2) is 0 Å². The lowest BCUT2D eigenvalue weighted by atomic mass is 9.79. The van der Waals surface area contributed by atoms with Gasteiger partial charge in [-0.3, -0.25) is 4.79 Å². The number of carbonyl (C=O) groups excluding carboxylic acids is 1.